The summed E-state index contributed by atoms with van der Waals surface area (Å²) >= 11 is 0. The van der Waals surface area contributed by atoms with Crippen LogP contribution < -0.4 is 10.2 Å². The summed E-state index contributed by atoms with van der Waals surface area (Å²) in [7, 11) is 3.61. The van der Waals surface area contributed by atoms with Crippen molar-refractivity contribution in [2.24, 2.45) is 0 Å². The second kappa shape index (κ2) is 5.57. The number of likely N-dealkylation sites (N-methyl/N-ethyl adjacent to an activating group) is 1. The fourth-order valence-corrected chi connectivity index (χ4v) is 2.18. The van der Waals surface area contributed by atoms with Crippen molar-refractivity contribution in [1.29, 1.82) is 0 Å². The third kappa shape index (κ3) is 2.87. The second-order valence-corrected chi connectivity index (χ2v) is 4.96. The van der Waals surface area contributed by atoms with Gasteiger partial charge in [-0.15, -0.1) is 0 Å². The molecule has 104 valence electrons. The Morgan fingerprint density at radius 2 is 2.11 bits per heavy atom. The Hall–Kier alpha value is -1.62. The van der Waals surface area contributed by atoms with Gasteiger partial charge in [-0.05, 0) is 31.7 Å². The van der Waals surface area contributed by atoms with E-state index >= 15 is 0 Å². The molecule has 1 atom stereocenters. The molecule has 1 unspecified atom stereocenters. The number of nitrogens with zero attached hydrogens (tertiary/aromatic N) is 2. The summed E-state index contributed by atoms with van der Waals surface area (Å²) in [5.41, 5.74) is 1.41. The van der Waals surface area contributed by atoms with Gasteiger partial charge in [0.15, 0.2) is 0 Å². The van der Waals surface area contributed by atoms with Gasteiger partial charge in [-0.25, -0.2) is 4.39 Å². The highest BCUT2D eigenvalue weighted by Gasteiger charge is 2.23. The van der Waals surface area contributed by atoms with Crippen LogP contribution in [-0.2, 0) is 4.79 Å². The molecular formula is C14H20FN3O. The summed E-state index contributed by atoms with van der Waals surface area (Å²) < 4.78 is 14.2. The number of carbonyl (C=O) groups excluding carboxylic acids is 1. The quantitative estimate of drug-likeness (QED) is 0.897. The van der Waals surface area contributed by atoms with Gasteiger partial charge in [0.1, 0.15) is 5.82 Å². The van der Waals surface area contributed by atoms with E-state index in [4.69, 9.17) is 0 Å². The lowest BCUT2D eigenvalue weighted by Gasteiger charge is -2.33. The summed E-state index contributed by atoms with van der Waals surface area (Å²) in [5.74, 6) is -0.240. The maximum Gasteiger partial charge on any atom is 0.241 e. The van der Waals surface area contributed by atoms with Crippen LogP contribution in [0.5, 0.6) is 0 Å². The maximum atomic E-state index is 14.2. The highest BCUT2D eigenvalue weighted by atomic mass is 19.1. The number of benzene rings is 1. The molecule has 0 aromatic heterocycles. The van der Waals surface area contributed by atoms with E-state index in [-0.39, 0.29) is 24.3 Å². The molecule has 1 aliphatic heterocycles. The fraction of sp³-hybridized carbons (Fsp3) is 0.500. The molecule has 4 nitrogen and oxygen atoms in total. The van der Waals surface area contributed by atoms with Crippen LogP contribution in [0.2, 0.25) is 0 Å². The number of nitrogens with one attached hydrogen (secondary N) is 1. The predicted octanol–water partition coefficient (Wildman–Crippen LogP) is 1.38. The first-order valence-corrected chi connectivity index (χ1v) is 6.48. The topological polar surface area (TPSA) is 35.6 Å². The van der Waals surface area contributed by atoms with Crippen LogP contribution in [0.15, 0.2) is 18.2 Å². The largest absolute Gasteiger partial charge is 0.358 e. The molecule has 0 radical (unpaired) electrons. The molecule has 0 spiro atoms. The Morgan fingerprint density at radius 3 is 2.68 bits per heavy atom. The molecule has 1 amide bonds. The molecule has 0 bridgehead atoms. The highest BCUT2D eigenvalue weighted by molar-refractivity contribution is 5.82. The first kappa shape index (κ1) is 13.8. The molecule has 2 rings (SSSR count). The normalized spacial score (nSPS) is 17.8. The van der Waals surface area contributed by atoms with Crippen LogP contribution >= 0.6 is 0 Å². The Morgan fingerprint density at radius 1 is 1.37 bits per heavy atom. The van der Waals surface area contributed by atoms with Gasteiger partial charge in [-0.2, -0.15) is 0 Å². The van der Waals surface area contributed by atoms with E-state index in [1.165, 1.54) is 0 Å². The minimum absolute atomic E-state index is 0.0262. The zero-order valence-corrected chi connectivity index (χ0v) is 11.6. The van der Waals surface area contributed by atoms with E-state index in [1.54, 1.807) is 29.0 Å². The molecular weight excluding hydrogens is 245 g/mol. The zero-order valence-electron chi connectivity index (χ0n) is 11.6. The summed E-state index contributed by atoms with van der Waals surface area (Å²) in [6.07, 6.45) is 0. The number of halogens is 1. The van der Waals surface area contributed by atoms with E-state index in [9.17, 15) is 9.18 Å². The van der Waals surface area contributed by atoms with E-state index in [0.29, 0.717) is 18.8 Å². The van der Waals surface area contributed by atoms with Crippen molar-refractivity contribution in [1.82, 2.24) is 10.2 Å². The maximum absolute atomic E-state index is 14.2. The van der Waals surface area contributed by atoms with Crippen LogP contribution in [0.1, 0.15) is 18.5 Å². The van der Waals surface area contributed by atoms with E-state index in [2.05, 4.69) is 5.32 Å². The van der Waals surface area contributed by atoms with Crippen LogP contribution in [-0.4, -0.2) is 44.5 Å². The van der Waals surface area contributed by atoms with Crippen LogP contribution in [0, 0.1) is 5.82 Å². The molecule has 1 aliphatic rings. The second-order valence-electron chi connectivity index (χ2n) is 4.96. The number of rotatable bonds is 3. The van der Waals surface area contributed by atoms with E-state index < -0.39 is 0 Å². The van der Waals surface area contributed by atoms with Gasteiger partial charge in [0, 0.05) is 26.2 Å². The van der Waals surface area contributed by atoms with Crippen molar-refractivity contribution >= 4 is 11.6 Å². The Balaban J connectivity index is 2.19. The first-order valence-electron chi connectivity index (χ1n) is 6.48. The van der Waals surface area contributed by atoms with Crippen molar-refractivity contribution in [3.05, 3.63) is 29.6 Å². The lowest BCUT2D eigenvalue weighted by molar-refractivity contribution is -0.129. The number of hydrogen-bond acceptors (Lipinski definition) is 3. The fourth-order valence-electron chi connectivity index (χ4n) is 2.18. The lowest BCUT2D eigenvalue weighted by Crippen LogP contribution is -2.48. The molecule has 1 heterocycles. The van der Waals surface area contributed by atoms with Crippen molar-refractivity contribution < 1.29 is 9.18 Å². The third-order valence-corrected chi connectivity index (χ3v) is 3.70. The number of hydrogen-bond donors (Lipinski definition) is 1. The van der Waals surface area contributed by atoms with Crippen molar-refractivity contribution in [2.75, 3.05) is 38.6 Å². The molecule has 1 aromatic rings. The molecule has 1 saturated heterocycles. The van der Waals surface area contributed by atoms with Gasteiger partial charge in [-0.3, -0.25) is 4.79 Å². The molecule has 5 heteroatoms. The minimum Gasteiger partial charge on any atom is -0.358 e. The standard InChI is InChI=1S/C14H20FN3O/c1-10(16-2)11-4-5-13(12(15)8-11)18-7-6-17(3)14(19)9-18/h4-5,8,10,16H,6-7,9H2,1-3H3. The van der Waals surface area contributed by atoms with Crippen molar-refractivity contribution in [3.63, 3.8) is 0 Å². The SMILES string of the molecule is CNC(C)c1ccc(N2CCN(C)C(=O)C2)c(F)c1. The minimum atomic E-state index is -0.267. The third-order valence-electron chi connectivity index (χ3n) is 3.70. The first-order chi connectivity index (χ1) is 9.02. The smallest absolute Gasteiger partial charge is 0.241 e. The van der Waals surface area contributed by atoms with Crippen molar-refractivity contribution in [3.8, 4) is 0 Å². The van der Waals surface area contributed by atoms with Crippen molar-refractivity contribution in [2.45, 2.75) is 13.0 Å². The van der Waals surface area contributed by atoms with Gasteiger partial charge in [0.25, 0.3) is 0 Å². The monoisotopic (exact) mass is 265 g/mol. The molecule has 0 aliphatic carbocycles. The molecule has 1 N–H and O–H groups in total. The van der Waals surface area contributed by atoms with Crippen LogP contribution in [0.25, 0.3) is 0 Å². The van der Waals surface area contributed by atoms with Gasteiger partial charge in [0.2, 0.25) is 5.91 Å². The summed E-state index contributed by atoms with van der Waals surface area (Å²) in [6.45, 7) is 3.52. The number of amides is 1. The van der Waals surface area contributed by atoms with E-state index in [0.717, 1.165) is 5.56 Å². The predicted molar refractivity (Wildman–Crippen MR) is 73.7 cm³/mol. The average Bonchev–Trinajstić information content (AvgIpc) is 2.41. The molecule has 1 fully saturated rings. The van der Waals surface area contributed by atoms with Gasteiger partial charge >= 0.3 is 0 Å². The number of anilines is 1. The Kier molecular flexibility index (Phi) is 4.04. The Labute approximate surface area is 113 Å². The van der Waals surface area contributed by atoms with Gasteiger partial charge < -0.3 is 15.1 Å². The average molecular weight is 265 g/mol. The highest BCUT2D eigenvalue weighted by Crippen LogP contribution is 2.24. The number of piperazine rings is 1. The summed E-state index contributed by atoms with van der Waals surface area (Å²) in [6, 6.07) is 5.32. The zero-order chi connectivity index (χ0) is 14.0. The van der Waals surface area contributed by atoms with Gasteiger partial charge in [0.05, 0.1) is 12.2 Å². The Bertz CT molecular complexity index is 478. The summed E-state index contributed by atoms with van der Waals surface area (Å²) in [4.78, 5) is 15.1. The molecule has 19 heavy (non-hydrogen) atoms. The van der Waals surface area contributed by atoms with Crippen LogP contribution in [0.3, 0.4) is 0 Å². The number of carbonyl (C=O) groups is 1. The van der Waals surface area contributed by atoms with E-state index in [1.807, 2.05) is 20.0 Å². The summed E-state index contributed by atoms with van der Waals surface area (Å²) in [5, 5.41) is 3.08. The lowest BCUT2D eigenvalue weighted by atomic mass is 10.1. The van der Waals surface area contributed by atoms with Crippen LogP contribution in [0.4, 0.5) is 10.1 Å². The molecule has 1 aromatic carbocycles. The molecule has 0 saturated carbocycles. The van der Waals surface area contributed by atoms with Gasteiger partial charge in [-0.1, -0.05) is 6.07 Å².